The summed E-state index contributed by atoms with van der Waals surface area (Å²) in [6.45, 7) is 9.22. The molecular weight excluding hydrogens is 252 g/mol. The van der Waals surface area contributed by atoms with Crippen molar-refractivity contribution in [2.24, 2.45) is 5.92 Å². The molecule has 2 fully saturated rings. The van der Waals surface area contributed by atoms with E-state index < -0.39 is 0 Å². The molecule has 0 spiro atoms. The van der Waals surface area contributed by atoms with E-state index >= 15 is 0 Å². The fourth-order valence-corrected chi connectivity index (χ4v) is 3.35. The molecule has 20 heavy (non-hydrogen) atoms. The number of carbonyl (C=O) groups is 1. The van der Waals surface area contributed by atoms with Crippen molar-refractivity contribution in [2.45, 2.75) is 45.4 Å². The molecule has 0 saturated carbocycles. The third kappa shape index (κ3) is 5.06. The van der Waals surface area contributed by atoms with Crippen LogP contribution >= 0.6 is 0 Å². The summed E-state index contributed by atoms with van der Waals surface area (Å²) in [6.07, 6.45) is 7.62. The number of ether oxygens (including phenoxy) is 1. The number of esters is 1. The van der Waals surface area contributed by atoms with E-state index in [9.17, 15) is 4.79 Å². The van der Waals surface area contributed by atoms with E-state index in [0.29, 0.717) is 6.61 Å². The third-order valence-electron chi connectivity index (χ3n) is 4.56. The predicted octanol–water partition coefficient (Wildman–Crippen LogP) is 2.14. The minimum absolute atomic E-state index is 0.00646. The first-order valence-electron chi connectivity index (χ1n) is 8.41. The van der Waals surface area contributed by atoms with Gasteiger partial charge in [0.1, 0.15) is 0 Å². The van der Waals surface area contributed by atoms with Gasteiger partial charge in [0.15, 0.2) is 0 Å². The average molecular weight is 282 g/mol. The van der Waals surface area contributed by atoms with Crippen LogP contribution in [0.4, 0.5) is 0 Å². The van der Waals surface area contributed by atoms with Gasteiger partial charge in [0.2, 0.25) is 0 Å². The van der Waals surface area contributed by atoms with Gasteiger partial charge in [0.25, 0.3) is 0 Å². The number of likely N-dealkylation sites (tertiary alicyclic amines) is 2. The summed E-state index contributed by atoms with van der Waals surface area (Å²) in [5.74, 6) is 0.111. The van der Waals surface area contributed by atoms with Crippen LogP contribution in [0.25, 0.3) is 0 Å². The van der Waals surface area contributed by atoms with E-state index in [1.807, 2.05) is 6.92 Å². The highest BCUT2D eigenvalue weighted by Gasteiger charge is 2.26. The SMILES string of the molecule is CCOC(=O)C1CCCN(CCN2CCCCCC2)C1. The van der Waals surface area contributed by atoms with Gasteiger partial charge in [-0.3, -0.25) is 4.79 Å². The number of nitrogens with zero attached hydrogens (tertiary/aromatic N) is 2. The Morgan fingerprint density at radius 1 is 1.00 bits per heavy atom. The molecular formula is C16H30N2O2. The second-order valence-corrected chi connectivity index (χ2v) is 6.15. The summed E-state index contributed by atoms with van der Waals surface area (Å²) in [4.78, 5) is 16.9. The molecule has 0 amide bonds. The van der Waals surface area contributed by atoms with Crippen LogP contribution in [0.2, 0.25) is 0 Å². The highest BCUT2D eigenvalue weighted by Crippen LogP contribution is 2.18. The van der Waals surface area contributed by atoms with E-state index in [-0.39, 0.29) is 11.9 Å². The Kier molecular flexibility index (Phi) is 6.80. The Bertz CT molecular complexity index is 288. The van der Waals surface area contributed by atoms with Gasteiger partial charge in [0.05, 0.1) is 12.5 Å². The summed E-state index contributed by atoms with van der Waals surface area (Å²) in [5, 5.41) is 0. The molecule has 2 rings (SSSR count). The van der Waals surface area contributed by atoms with Gasteiger partial charge >= 0.3 is 5.97 Å². The Hall–Kier alpha value is -0.610. The number of piperidine rings is 1. The van der Waals surface area contributed by atoms with E-state index in [2.05, 4.69) is 9.80 Å². The zero-order valence-corrected chi connectivity index (χ0v) is 13.0. The van der Waals surface area contributed by atoms with Crippen LogP contribution in [0.15, 0.2) is 0 Å². The largest absolute Gasteiger partial charge is 0.466 e. The van der Waals surface area contributed by atoms with Crippen LogP contribution in [0.5, 0.6) is 0 Å². The molecule has 1 unspecified atom stereocenters. The molecule has 4 nitrogen and oxygen atoms in total. The van der Waals surface area contributed by atoms with E-state index in [4.69, 9.17) is 4.74 Å². The topological polar surface area (TPSA) is 32.8 Å². The van der Waals surface area contributed by atoms with Crippen molar-refractivity contribution in [3.05, 3.63) is 0 Å². The fourth-order valence-electron chi connectivity index (χ4n) is 3.35. The lowest BCUT2D eigenvalue weighted by Crippen LogP contribution is -2.43. The first kappa shape index (κ1) is 15.8. The Morgan fingerprint density at radius 3 is 2.35 bits per heavy atom. The van der Waals surface area contributed by atoms with Crippen molar-refractivity contribution in [2.75, 3.05) is 45.9 Å². The van der Waals surface area contributed by atoms with Gasteiger partial charge in [-0.2, -0.15) is 0 Å². The molecule has 0 radical (unpaired) electrons. The van der Waals surface area contributed by atoms with Crippen LogP contribution in [0.3, 0.4) is 0 Å². The van der Waals surface area contributed by atoms with E-state index in [1.165, 1.54) is 38.8 Å². The molecule has 0 aromatic carbocycles. The molecule has 0 aliphatic carbocycles. The maximum Gasteiger partial charge on any atom is 0.310 e. The lowest BCUT2D eigenvalue weighted by atomic mass is 9.98. The minimum atomic E-state index is 0.00646. The van der Waals surface area contributed by atoms with Crippen LogP contribution < -0.4 is 0 Å². The minimum Gasteiger partial charge on any atom is -0.466 e. The van der Waals surface area contributed by atoms with Gasteiger partial charge in [-0.15, -0.1) is 0 Å². The normalized spacial score (nSPS) is 26.1. The van der Waals surface area contributed by atoms with Gasteiger partial charge in [-0.1, -0.05) is 12.8 Å². The smallest absolute Gasteiger partial charge is 0.310 e. The van der Waals surface area contributed by atoms with Crippen molar-refractivity contribution >= 4 is 5.97 Å². The van der Waals surface area contributed by atoms with Crippen LogP contribution in [0.1, 0.15) is 45.4 Å². The van der Waals surface area contributed by atoms with Crippen molar-refractivity contribution < 1.29 is 9.53 Å². The van der Waals surface area contributed by atoms with Gasteiger partial charge < -0.3 is 14.5 Å². The standard InChI is InChI=1S/C16H30N2O2/c1-2-20-16(19)15-8-7-11-18(14-15)13-12-17-9-5-3-4-6-10-17/h15H,2-14H2,1H3. The molecule has 0 N–H and O–H groups in total. The molecule has 2 saturated heterocycles. The first-order chi connectivity index (χ1) is 9.79. The first-order valence-corrected chi connectivity index (χ1v) is 8.41. The molecule has 1 atom stereocenters. The van der Waals surface area contributed by atoms with Crippen LogP contribution in [-0.2, 0) is 9.53 Å². The Balaban J connectivity index is 1.70. The summed E-state index contributed by atoms with van der Waals surface area (Å²) in [6, 6.07) is 0. The summed E-state index contributed by atoms with van der Waals surface area (Å²) < 4.78 is 5.16. The molecule has 116 valence electrons. The van der Waals surface area contributed by atoms with E-state index in [1.54, 1.807) is 0 Å². The van der Waals surface area contributed by atoms with Gasteiger partial charge in [0, 0.05) is 19.6 Å². The molecule has 2 aliphatic rings. The fraction of sp³-hybridized carbons (Fsp3) is 0.938. The van der Waals surface area contributed by atoms with Crippen LogP contribution in [-0.4, -0.2) is 61.6 Å². The second-order valence-electron chi connectivity index (χ2n) is 6.15. The molecule has 2 heterocycles. The summed E-state index contributed by atoms with van der Waals surface area (Å²) in [7, 11) is 0. The summed E-state index contributed by atoms with van der Waals surface area (Å²) in [5.41, 5.74) is 0. The predicted molar refractivity (Wildman–Crippen MR) is 80.7 cm³/mol. The van der Waals surface area contributed by atoms with E-state index in [0.717, 1.165) is 39.0 Å². The number of hydrogen-bond acceptors (Lipinski definition) is 4. The zero-order valence-electron chi connectivity index (χ0n) is 13.0. The Labute approximate surface area is 123 Å². The summed E-state index contributed by atoms with van der Waals surface area (Å²) >= 11 is 0. The highest BCUT2D eigenvalue weighted by molar-refractivity contribution is 5.72. The van der Waals surface area contributed by atoms with Crippen LogP contribution in [0, 0.1) is 5.92 Å². The maximum atomic E-state index is 11.8. The number of rotatable bonds is 5. The molecule has 0 bridgehead atoms. The highest BCUT2D eigenvalue weighted by atomic mass is 16.5. The monoisotopic (exact) mass is 282 g/mol. The van der Waals surface area contributed by atoms with Crippen molar-refractivity contribution in [3.8, 4) is 0 Å². The maximum absolute atomic E-state index is 11.8. The lowest BCUT2D eigenvalue weighted by molar-refractivity contribution is -0.149. The number of hydrogen-bond donors (Lipinski definition) is 0. The molecule has 2 aliphatic heterocycles. The molecule has 0 aromatic heterocycles. The van der Waals surface area contributed by atoms with Crippen molar-refractivity contribution in [3.63, 3.8) is 0 Å². The van der Waals surface area contributed by atoms with Crippen molar-refractivity contribution in [1.82, 2.24) is 9.80 Å². The third-order valence-corrected chi connectivity index (χ3v) is 4.56. The lowest BCUT2D eigenvalue weighted by Gasteiger charge is -2.33. The average Bonchev–Trinajstić information content (AvgIpc) is 2.74. The van der Waals surface area contributed by atoms with Crippen molar-refractivity contribution in [1.29, 1.82) is 0 Å². The second kappa shape index (κ2) is 8.63. The Morgan fingerprint density at radius 2 is 1.65 bits per heavy atom. The molecule has 0 aromatic rings. The molecule has 4 heteroatoms. The van der Waals surface area contributed by atoms with Gasteiger partial charge in [-0.25, -0.2) is 0 Å². The van der Waals surface area contributed by atoms with Gasteiger partial charge in [-0.05, 0) is 52.2 Å². The number of carbonyl (C=O) groups excluding carboxylic acids is 1. The quantitative estimate of drug-likeness (QED) is 0.723. The zero-order chi connectivity index (χ0) is 14.2.